The minimum atomic E-state index is -4.59. The molecule has 0 amide bonds. The van der Waals surface area contributed by atoms with E-state index in [9.17, 15) is 17.6 Å². The van der Waals surface area contributed by atoms with Gasteiger partial charge in [0.25, 0.3) is 0 Å². The average molecular weight is 439 g/mol. The van der Waals surface area contributed by atoms with E-state index in [0.29, 0.717) is 21.7 Å². The Hall–Kier alpha value is -2.38. The lowest BCUT2D eigenvalue weighted by atomic mass is 9.95. The van der Waals surface area contributed by atoms with Crippen LogP contribution in [0.5, 0.6) is 0 Å². The van der Waals surface area contributed by atoms with Crippen molar-refractivity contribution in [1.29, 1.82) is 0 Å². The fourth-order valence-corrected chi connectivity index (χ4v) is 4.18. The maximum atomic E-state index is 14.3. The number of alkyl halides is 3. The molecule has 4 rings (SSSR count). The summed E-state index contributed by atoms with van der Waals surface area (Å²) < 4.78 is 62.7. The second kappa shape index (κ2) is 7.39. The van der Waals surface area contributed by atoms with E-state index in [4.69, 9.17) is 16.3 Å². The van der Waals surface area contributed by atoms with Gasteiger partial charge in [0.05, 0.1) is 12.2 Å². The first-order valence-electron chi connectivity index (χ1n) is 9.41. The number of allylic oxidation sites excluding steroid dienone is 1. The third-order valence-electron chi connectivity index (χ3n) is 5.41. The number of ether oxygens (including phenoxy) is 1. The molecule has 2 aliphatic rings. The molecular weight excluding hydrogens is 420 g/mol. The van der Waals surface area contributed by atoms with E-state index in [0.717, 1.165) is 4.90 Å². The molecule has 0 spiro atoms. The van der Waals surface area contributed by atoms with Gasteiger partial charge in [-0.2, -0.15) is 13.2 Å². The fourth-order valence-electron chi connectivity index (χ4n) is 4.00. The van der Waals surface area contributed by atoms with Gasteiger partial charge >= 0.3 is 6.18 Å². The van der Waals surface area contributed by atoms with E-state index in [1.165, 1.54) is 25.1 Å². The molecule has 0 saturated carbocycles. The predicted octanol–water partition coefficient (Wildman–Crippen LogP) is 6.35. The molecule has 2 atom stereocenters. The molecule has 30 heavy (non-hydrogen) atoms. The lowest BCUT2D eigenvalue weighted by molar-refractivity contribution is -0.0933. The molecule has 2 aliphatic heterocycles. The highest BCUT2D eigenvalue weighted by Crippen LogP contribution is 2.46. The minimum Gasteiger partial charge on any atom is -0.358 e. The summed E-state index contributed by atoms with van der Waals surface area (Å²) >= 11 is 6.21. The van der Waals surface area contributed by atoms with Crippen LogP contribution in [-0.2, 0) is 4.74 Å². The summed E-state index contributed by atoms with van der Waals surface area (Å²) in [5, 5.41) is 0.343. The third kappa shape index (κ3) is 3.40. The van der Waals surface area contributed by atoms with Crippen LogP contribution >= 0.6 is 11.6 Å². The van der Waals surface area contributed by atoms with Gasteiger partial charge in [-0.25, -0.2) is 4.39 Å². The highest BCUT2D eigenvalue weighted by Gasteiger charge is 2.46. The molecule has 158 valence electrons. The summed E-state index contributed by atoms with van der Waals surface area (Å²) in [6.45, 7) is 4.61. The second-order valence-corrected chi connectivity index (χ2v) is 7.89. The maximum absolute atomic E-state index is 14.3. The van der Waals surface area contributed by atoms with Crippen molar-refractivity contribution in [2.24, 2.45) is 4.99 Å². The molecular formula is C22H19ClF4N2O. The van der Waals surface area contributed by atoms with Crippen LogP contribution in [0.25, 0.3) is 0 Å². The molecule has 2 aromatic carbocycles. The van der Waals surface area contributed by atoms with Crippen molar-refractivity contribution in [3.8, 4) is 0 Å². The van der Waals surface area contributed by atoms with Gasteiger partial charge in [0.1, 0.15) is 29.6 Å². The van der Waals surface area contributed by atoms with Gasteiger partial charge in [0.15, 0.2) is 0 Å². The summed E-state index contributed by atoms with van der Waals surface area (Å²) in [6, 6.07) is 9.22. The van der Waals surface area contributed by atoms with Gasteiger partial charge in [-0.05, 0) is 61.7 Å². The summed E-state index contributed by atoms with van der Waals surface area (Å²) in [4.78, 5) is 5.49. The molecule has 8 heteroatoms. The van der Waals surface area contributed by atoms with Crippen LogP contribution in [0.2, 0.25) is 5.02 Å². The monoisotopic (exact) mass is 438 g/mol. The molecule has 2 heterocycles. The SMILES string of the molecule is CC1=C(C(F)(F)F)N2C(=NC1)C(C)O[C@H](c1cccc(F)c1C)c1cc(Cl)ccc12. The molecule has 0 radical (unpaired) electrons. The smallest absolute Gasteiger partial charge is 0.358 e. The van der Waals surface area contributed by atoms with Crippen molar-refractivity contribution >= 4 is 23.1 Å². The Labute approximate surface area is 176 Å². The Morgan fingerprint density at radius 2 is 1.87 bits per heavy atom. The van der Waals surface area contributed by atoms with Crippen molar-refractivity contribution in [3.05, 3.63) is 75.2 Å². The number of benzene rings is 2. The molecule has 0 aromatic heterocycles. The molecule has 0 fully saturated rings. The van der Waals surface area contributed by atoms with Crippen LogP contribution in [0.15, 0.2) is 52.7 Å². The first kappa shape index (κ1) is 20.9. The Balaban J connectivity index is 2.00. The number of fused-ring (bicyclic) bond motifs is 3. The quantitative estimate of drug-likeness (QED) is 0.484. The zero-order valence-electron chi connectivity index (χ0n) is 16.5. The summed E-state index contributed by atoms with van der Waals surface area (Å²) in [7, 11) is 0. The van der Waals surface area contributed by atoms with Crippen molar-refractivity contribution in [3.63, 3.8) is 0 Å². The second-order valence-electron chi connectivity index (χ2n) is 7.45. The highest BCUT2D eigenvalue weighted by atomic mass is 35.5. The van der Waals surface area contributed by atoms with E-state index < -0.39 is 29.9 Å². The molecule has 0 aliphatic carbocycles. The highest BCUT2D eigenvalue weighted by molar-refractivity contribution is 6.30. The number of hydrogen-bond donors (Lipinski definition) is 0. The standard InChI is InChI=1S/C22H19ClF4N2O/c1-11-10-28-21-13(3)30-19(15-5-4-6-17(24)12(15)2)16-9-14(23)7-8-18(16)29(21)20(11)22(25,26)27/h4-9,13,19H,10H2,1-3H3/t13?,19-/m1/s1. The lowest BCUT2D eigenvalue weighted by Crippen LogP contribution is -2.45. The number of aliphatic imine (C=N–C) groups is 1. The summed E-state index contributed by atoms with van der Waals surface area (Å²) in [5.74, 6) is -0.258. The average Bonchev–Trinajstić information content (AvgIpc) is 2.78. The van der Waals surface area contributed by atoms with Gasteiger partial charge in [-0.15, -0.1) is 0 Å². The van der Waals surface area contributed by atoms with Crippen LogP contribution in [0, 0.1) is 12.7 Å². The van der Waals surface area contributed by atoms with E-state index in [2.05, 4.69) is 4.99 Å². The Kier molecular flexibility index (Phi) is 5.14. The number of rotatable bonds is 1. The Morgan fingerprint density at radius 3 is 2.57 bits per heavy atom. The van der Waals surface area contributed by atoms with Crippen molar-refractivity contribution in [2.75, 3.05) is 11.4 Å². The van der Waals surface area contributed by atoms with Gasteiger partial charge < -0.3 is 4.74 Å². The van der Waals surface area contributed by atoms with Crippen LogP contribution in [0.4, 0.5) is 23.2 Å². The number of nitrogens with zero attached hydrogens (tertiary/aromatic N) is 2. The van der Waals surface area contributed by atoms with Gasteiger partial charge in [-0.1, -0.05) is 23.7 Å². The van der Waals surface area contributed by atoms with Crippen molar-refractivity contribution in [1.82, 2.24) is 0 Å². The van der Waals surface area contributed by atoms with E-state index >= 15 is 0 Å². The molecule has 1 unspecified atom stereocenters. The third-order valence-corrected chi connectivity index (χ3v) is 5.65. The predicted molar refractivity (Wildman–Crippen MR) is 109 cm³/mol. The first-order chi connectivity index (χ1) is 14.1. The zero-order valence-corrected chi connectivity index (χ0v) is 17.3. The fraction of sp³-hybridized carbons (Fsp3) is 0.318. The van der Waals surface area contributed by atoms with Crippen LogP contribution in [0.1, 0.15) is 36.6 Å². The molecule has 0 saturated heterocycles. The van der Waals surface area contributed by atoms with Gasteiger partial charge in [0, 0.05) is 10.6 Å². The topological polar surface area (TPSA) is 24.8 Å². The van der Waals surface area contributed by atoms with E-state index in [1.807, 2.05) is 0 Å². The van der Waals surface area contributed by atoms with Crippen LogP contribution in [0.3, 0.4) is 0 Å². The largest absolute Gasteiger partial charge is 0.431 e. The summed E-state index contributed by atoms with van der Waals surface area (Å²) in [6.07, 6.45) is -6.17. The number of anilines is 1. The zero-order chi connectivity index (χ0) is 21.8. The first-order valence-corrected chi connectivity index (χ1v) is 9.78. The summed E-state index contributed by atoms with van der Waals surface area (Å²) in [5.41, 5.74) is 0.917. The molecule has 3 nitrogen and oxygen atoms in total. The van der Waals surface area contributed by atoms with Crippen molar-refractivity contribution < 1.29 is 22.3 Å². The normalized spacial score (nSPS) is 21.7. The Morgan fingerprint density at radius 1 is 1.13 bits per heavy atom. The molecule has 0 N–H and O–H groups in total. The number of amidine groups is 1. The number of hydrogen-bond acceptors (Lipinski definition) is 3. The van der Waals surface area contributed by atoms with Crippen molar-refractivity contribution in [2.45, 2.75) is 39.2 Å². The maximum Gasteiger partial charge on any atom is 0.431 e. The van der Waals surface area contributed by atoms with Crippen LogP contribution < -0.4 is 4.90 Å². The van der Waals surface area contributed by atoms with Crippen LogP contribution in [-0.4, -0.2) is 24.7 Å². The van der Waals surface area contributed by atoms with Gasteiger partial charge in [-0.3, -0.25) is 9.89 Å². The Bertz CT molecular complexity index is 1080. The molecule has 0 bridgehead atoms. The van der Waals surface area contributed by atoms with E-state index in [-0.39, 0.29) is 23.6 Å². The molecule has 2 aromatic rings. The van der Waals surface area contributed by atoms with Gasteiger partial charge in [0.2, 0.25) is 0 Å². The number of halogens is 5. The van der Waals surface area contributed by atoms with E-state index in [1.54, 1.807) is 32.0 Å². The minimum absolute atomic E-state index is 0.0685. The lowest BCUT2D eigenvalue weighted by Gasteiger charge is -2.35.